The van der Waals surface area contributed by atoms with E-state index in [1.54, 1.807) is 64.9 Å². The number of nitrogens with one attached hydrogen (secondary N) is 4. The number of carboxylic acid groups (broad SMARTS) is 2. The number of hydrogen-bond acceptors (Lipinski definition) is 16. The van der Waals surface area contributed by atoms with Crippen LogP contribution in [0.25, 0.3) is 0 Å². The molecule has 67 heavy (non-hydrogen) atoms. The molecule has 1 aromatic rings. The van der Waals surface area contributed by atoms with E-state index >= 15 is 0 Å². The Morgan fingerprint density at radius 3 is 2.07 bits per heavy atom. The van der Waals surface area contributed by atoms with Crippen molar-refractivity contribution in [2.24, 2.45) is 11.8 Å². The Balaban J connectivity index is 0.0000119. The number of carbonyl (C=O) groups is 9. The number of amides is 6. The number of Topliss-reactive ketones (excluding diaryl/α,β-unsaturated/α-hetero) is 1. The van der Waals surface area contributed by atoms with E-state index in [-0.39, 0.29) is 161 Å². The molecule has 1 unspecified atom stereocenters. The third kappa shape index (κ3) is 19.2. The topological polar surface area (TPSA) is 271 Å². The number of rotatable bonds is 22. The number of ether oxygens (including phenoxy) is 1. The molecule has 0 aliphatic carbocycles. The zero-order valence-electron chi connectivity index (χ0n) is 38.8. The van der Waals surface area contributed by atoms with Crippen LogP contribution in [-0.2, 0) is 49.6 Å². The number of carboxylic acids is 2. The standard InChI is InChI=1S/C43H65N10O12S.Gd/c1-28-20-36(56)53(42(28)63)12-11-44-41(62)32(29(2)48(3)4)21-34(54)33(10-19-66-5)47-43(64)46-31-8-6-30(7-9-31)22-45-35(55)23-51-16-15-49(25-38(57)58)13-14-50(26-39(59)60)17-18-52-27-40(61)65-37(52)24-51;/h6-9,28-29,32-33H,10-27H2,1-5H3,(H,44,62)(H,45,55)(H,57,58)(H,59,60)(H2,46,47,64);/q-1;/t28?,29-,32-,33-;/m0./s1. The maximum absolute atomic E-state index is 13.8. The van der Waals surface area contributed by atoms with Gasteiger partial charge in [0.2, 0.25) is 23.6 Å². The first-order chi connectivity index (χ1) is 31.3. The van der Waals surface area contributed by atoms with Gasteiger partial charge in [-0.05, 0) is 63.7 Å². The van der Waals surface area contributed by atoms with Gasteiger partial charge in [0.25, 0.3) is 5.97 Å². The molecule has 6 N–H and O–H groups in total. The number of ketones is 1. The minimum atomic E-state index is -1.05. The Morgan fingerprint density at radius 1 is 0.896 bits per heavy atom. The quantitative estimate of drug-likeness (QED) is 0.0463. The summed E-state index contributed by atoms with van der Waals surface area (Å²) in [6.45, 7) is 4.82. The fraction of sp³-hybridized carbons (Fsp3) is 0.628. The van der Waals surface area contributed by atoms with Crippen LogP contribution in [0.5, 0.6) is 0 Å². The molecule has 0 bridgehead atoms. The van der Waals surface area contributed by atoms with Gasteiger partial charge in [0.05, 0.1) is 38.1 Å². The van der Waals surface area contributed by atoms with Gasteiger partial charge < -0.3 is 50.9 Å². The van der Waals surface area contributed by atoms with Crippen molar-refractivity contribution in [3.63, 3.8) is 0 Å². The van der Waals surface area contributed by atoms with Gasteiger partial charge >= 0.3 is 18.0 Å². The molecule has 24 heteroatoms. The van der Waals surface area contributed by atoms with Gasteiger partial charge in [-0.2, -0.15) is 11.8 Å². The number of likely N-dealkylation sites (tertiary alicyclic amines) is 1. The van der Waals surface area contributed by atoms with Crippen molar-refractivity contribution in [1.29, 1.82) is 0 Å². The molecule has 0 spiro atoms. The van der Waals surface area contributed by atoms with Crippen molar-refractivity contribution in [3.05, 3.63) is 36.1 Å². The summed E-state index contributed by atoms with van der Waals surface area (Å²) in [7, 11) is 3.58. The maximum atomic E-state index is 13.8. The van der Waals surface area contributed by atoms with Gasteiger partial charge in [0.1, 0.15) is 0 Å². The van der Waals surface area contributed by atoms with Gasteiger partial charge in [-0.1, -0.05) is 31.8 Å². The number of hydrogen-bond donors (Lipinski definition) is 6. The van der Waals surface area contributed by atoms with Crippen LogP contribution in [0.3, 0.4) is 0 Å². The van der Waals surface area contributed by atoms with Crippen LogP contribution in [0, 0.1) is 58.0 Å². The van der Waals surface area contributed by atoms with Crippen LogP contribution in [0.1, 0.15) is 38.7 Å². The molecular weight excluding hydrogens is 1040 g/mol. The number of aliphatic carboxylic acids is 2. The molecule has 3 fully saturated rings. The Labute approximate surface area is 427 Å². The zero-order valence-corrected chi connectivity index (χ0v) is 41.9. The van der Waals surface area contributed by atoms with E-state index in [4.69, 9.17) is 4.74 Å². The molecule has 6 amide bonds. The van der Waals surface area contributed by atoms with E-state index in [1.807, 2.05) is 18.1 Å². The van der Waals surface area contributed by atoms with Crippen LogP contribution in [0.2, 0.25) is 0 Å². The van der Waals surface area contributed by atoms with Crippen molar-refractivity contribution in [2.75, 3.05) is 117 Å². The predicted octanol–water partition coefficient (Wildman–Crippen LogP) is -0.980. The smallest absolute Gasteiger partial charge is 0.319 e. The van der Waals surface area contributed by atoms with Crippen LogP contribution >= 0.6 is 11.8 Å². The first-order valence-electron chi connectivity index (χ1n) is 22.0. The summed E-state index contributed by atoms with van der Waals surface area (Å²) in [5, 5.41) is 30.1. The SMILES string of the molecule is CSCC[C@H](NC(=O)Nc1ccc(CNC(=O)CN2CCN(CC(=O)O)CCN(CC(=O)O)CCN3CC(=O)O[C-]3C2)cc1)C(=O)C[C@H](C(=O)NCCN1C(=O)CC(C)C1=O)[C@H](C)N(C)C.[Gd]. The fourth-order valence-electron chi connectivity index (χ4n) is 7.71. The number of thioether (sulfide) groups is 1. The van der Waals surface area contributed by atoms with Crippen molar-refractivity contribution in [2.45, 2.75) is 51.7 Å². The molecule has 3 aliphatic heterocycles. The first kappa shape index (κ1) is 57.4. The summed E-state index contributed by atoms with van der Waals surface area (Å²) in [6, 6.07) is 4.84. The van der Waals surface area contributed by atoms with Gasteiger partial charge in [-0.15, -0.1) is 0 Å². The number of fused-ring (bicyclic) bond motifs is 1. The molecule has 22 nitrogen and oxygen atoms in total. The minimum Gasteiger partial charge on any atom is -0.617 e. The summed E-state index contributed by atoms with van der Waals surface area (Å²) in [5.74, 6) is -4.79. The minimum absolute atomic E-state index is 0. The second-order valence-corrected chi connectivity index (χ2v) is 18.0. The number of anilines is 1. The van der Waals surface area contributed by atoms with Gasteiger partial charge in [-0.25, -0.2) is 4.79 Å². The number of urea groups is 1. The predicted molar refractivity (Wildman–Crippen MR) is 243 cm³/mol. The molecule has 374 valence electrons. The third-order valence-corrected chi connectivity index (χ3v) is 12.4. The number of nitrogens with zero attached hydrogens (tertiary/aromatic N) is 6. The van der Waals surface area contributed by atoms with E-state index in [2.05, 4.69) is 21.3 Å². The molecule has 4 rings (SSSR count). The monoisotopic (exact) mass is 1100 g/mol. The Morgan fingerprint density at radius 2 is 1.51 bits per heavy atom. The third-order valence-electron chi connectivity index (χ3n) is 11.8. The molecule has 3 aliphatic rings. The maximum Gasteiger partial charge on any atom is 0.319 e. The van der Waals surface area contributed by atoms with Gasteiger partial charge in [0.15, 0.2) is 5.78 Å². The summed E-state index contributed by atoms with van der Waals surface area (Å²) in [5.41, 5.74) is 1.14. The second-order valence-electron chi connectivity index (χ2n) is 17.0. The first-order valence-corrected chi connectivity index (χ1v) is 23.4. The molecule has 0 radical (unpaired) electrons. The average molecular weight is 1100 g/mol. The van der Waals surface area contributed by atoms with Crippen molar-refractivity contribution < 1.29 is 98.0 Å². The van der Waals surface area contributed by atoms with Crippen molar-refractivity contribution in [1.82, 2.24) is 45.3 Å². The van der Waals surface area contributed by atoms with Crippen molar-refractivity contribution in [3.8, 4) is 0 Å². The summed E-state index contributed by atoms with van der Waals surface area (Å²) < 4.78 is 5.48. The summed E-state index contributed by atoms with van der Waals surface area (Å²) in [4.78, 5) is 123. The van der Waals surface area contributed by atoms with Crippen LogP contribution in [0.15, 0.2) is 24.3 Å². The van der Waals surface area contributed by atoms with Crippen LogP contribution in [-0.4, -0.2) is 216 Å². The zero-order chi connectivity index (χ0) is 48.5. The molecular formula is C43H65GdN10O12S-. The second kappa shape index (κ2) is 28.6. The largest absolute Gasteiger partial charge is 0.617 e. The van der Waals surface area contributed by atoms with Crippen molar-refractivity contribution >= 4 is 70.8 Å². The van der Waals surface area contributed by atoms with Gasteiger partial charge in [0, 0.05) is 123 Å². The van der Waals surface area contributed by atoms with E-state index in [9.17, 15) is 53.4 Å². The number of carbonyl (C=O) groups excluding carboxylic acids is 7. The van der Waals surface area contributed by atoms with E-state index < -0.39 is 47.7 Å². The van der Waals surface area contributed by atoms with E-state index in [0.29, 0.717) is 42.7 Å². The summed E-state index contributed by atoms with van der Waals surface area (Å²) in [6.07, 6.45) is 2.50. The molecule has 3 saturated heterocycles. The Hall–Kier alpha value is -3.88. The Bertz CT molecular complexity index is 1900. The molecule has 4 atom stereocenters. The Kier molecular flexibility index (Phi) is 24.5. The van der Waals surface area contributed by atoms with Gasteiger partial charge in [-0.3, -0.25) is 53.1 Å². The fourth-order valence-corrected chi connectivity index (χ4v) is 8.18. The normalized spacial score (nSPS) is 19.5. The van der Waals surface area contributed by atoms with Crippen LogP contribution < -0.4 is 21.3 Å². The average Bonchev–Trinajstić information content (AvgIpc) is 3.73. The number of esters is 1. The molecule has 0 aromatic heterocycles. The van der Waals surface area contributed by atoms with E-state index in [0.717, 1.165) is 4.90 Å². The number of imide groups is 1. The van der Waals surface area contributed by atoms with E-state index in [1.165, 1.54) is 11.8 Å². The molecule has 1 aromatic carbocycles. The van der Waals surface area contributed by atoms with Crippen LogP contribution in [0.4, 0.5) is 10.5 Å². The number of benzene rings is 1. The molecule has 3 heterocycles. The molecule has 0 saturated carbocycles. The summed E-state index contributed by atoms with van der Waals surface area (Å²) >= 11 is 1.51.